The number of hydrogen-bond donors (Lipinski definition) is 2. The van der Waals surface area contributed by atoms with E-state index in [1.807, 2.05) is 18.2 Å². The molecule has 0 aliphatic rings. The molecule has 0 saturated carbocycles. The van der Waals surface area contributed by atoms with Crippen molar-refractivity contribution in [3.05, 3.63) is 71.7 Å². The van der Waals surface area contributed by atoms with Gasteiger partial charge in [0.2, 0.25) is 5.95 Å². The lowest BCUT2D eigenvalue weighted by atomic mass is 10.0. The molecule has 3 rings (SSSR count). The lowest BCUT2D eigenvalue weighted by molar-refractivity contribution is 0.613. The lowest BCUT2D eigenvalue weighted by Gasteiger charge is -2.13. The van der Waals surface area contributed by atoms with Crippen LogP contribution in [0.1, 0.15) is 30.9 Å². The predicted octanol–water partition coefficient (Wildman–Crippen LogP) is 4.49. The van der Waals surface area contributed by atoms with Crippen LogP contribution in [0.15, 0.2) is 54.7 Å². The van der Waals surface area contributed by atoms with E-state index in [0.29, 0.717) is 29.8 Å². The van der Waals surface area contributed by atoms with Crippen molar-refractivity contribution in [3.8, 4) is 0 Å². The molecule has 0 spiro atoms. The minimum atomic E-state index is -0.249. The van der Waals surface area contributed by atoms with Crippen LogP contribution in [0, 0.1) is 5.82 Å². The highest BCUT2D eigenvalue weighted by Crippen LogP contribution is 2.25. The van der Waals surface area contributed by atoms with E-state index in [9.17, 15) is 4.39 Å². The molecule has 2 N–H and O–H groups in total. The molecule has 2 aromatic carbocycles. The van der Waals surface area contributed by atoms with E-state index in [2.05, 4.69) is 45.7 Å². The molecule has 0 atom stereocenters. The molecule has 5 nitrogen and oxygen atoms in total. The van der Waals surface area contributed by atoms with Crippen LogP contribution in [-0.2, 0) is 6.54 Å². The zero-order valence-corrected chi connectivity index (χ0v) is 14.2. The summed E-state index contributed by atoms with van der Waals surface area (Å²) in [5.74, 6) is 1.05. The normalized spacial score (nSPS) is 10.7. The topological polar surface area (TPSA) is 62.7 Å². The Balaban J connectivity index is 1.73. The maximum Gasteiger partial charge on any atom is 0.249 e. The highest BCUT2D eigenvalue weighted by Gasteiger charge is 2.08. The van der Waals surface area contributed by atoms with Crippen molar-refractivity contribution in [1.82, 2.24) is 15.2 Å². The van der Waals surface area contributed by atoms with Crippen molar-refractivity contribution >= 4 is 17.5 Å². The zero-order chi connectivity index (χ0) is 17.6. The number of anilines is 3. The van der Waals surface area contributed by atoms with Crippen LogP contribution in [-0.4, -0.2) is 15.2 Å². The summed E-state index contributed by atoms with van der Waals surface area (Å²) < 4.78 is 13.7. The van der Waals surface area contributed by atoms with Crippen molar-refractivity contribution in [1.29, 1.82) is 0 Å². The number of hydrogen-bond acceptors (Lipinski definition) is 5. The molecule has 0 unspecified atom stereocenters. The van der Waals surface area contributed by atoms with E-state index < -0.39 is 0 Å². The molecule has 1 heterocycles. The number of nitrogens with one attached hydrogen (secondary N) is 2. The Morgan fingerprint density at radius 3 is 2.60 bits per heavy atom. The first-order valence-electron chi connectivity index (χ1n) is 8.16. The van der Waals surface area contributed by atoms with Crippen LogP contribution in [0.4, 0.5) is 21.8 Å². The van der Waals surface area contributed by atoms with Crippen molar-refractivity contribution < 1.29 is 4.39 Å². The van der Waals surface area contributed by atoms with E-state index in [1.54, 1.807) is 18.2 Å². The molecule has 0 bridgehead atoms. The first-order valence-corrected chi connectivity index (χ1v) is 8.16. The number of nitrogens with zero attached hydrogens (tertiary/aromatic N) is 3. The Labute approximate surface area is 146 Å². The average molecular weight is 337 g/mol. The summed E-state index contributed by atoms with van der Waals surface area (Å²) in [5, 5.41) is 14.3. The number of benzene rings is 2. The zero-order valence-electron chi connectivity index (χ0n) is 14.2. The van der Waals surface area contributed by atoms with Crippen molar-refractivity contribution in [2.45, 2.75) is 26.3 Å². The molecule has 25 heavy (non-hydrogen) atoms. The Bertz CT molecular complexity index is 850. The third-order valence-electron chi connectivity index (χ3n) is 3.81. The maximum absolute atomic E-state index is 13.7. The van der Waals surface area contributed by atoms with E-state index >= 15 is 0 Å². The third-order valence-corrected chi connectivity index (χ3v) is 3.81. The van der Waals surface area contributed by atoms with Crippen LogP contribution in [0.5, 0.6) is 0 Å². The van der Waals surface area contributed by atoms with Crippen LogP contribution < -0.4 is 10.6 Å². The standard InChI is InChI=1S/C19H20FN5/c1-13(2)15-8-4-6-10-17(15)23-19-24-18(12-22-25-19)21-11-14-7-3-5-9-16(14)20/h3-10,12-13H,11H2,1-2H3,(H2,21,23,24,25). The maximum atomic E-state index is 13.7. The second-order valence-corrected chi connectivity index (χ2v) is 5.98. The molecule has 0 aliphatic carbocycles. The highest BCUT2D eigenvalue weighted by atomic mass is 19.1. The van der Waals surface area contributed by atoms with Gasteiger partial charge in [-0.15, -0.1) is 5.10 Å². The van der Waals surface area contributed by atoms with Gasteiger partial charge in [-0.1, -0.05) is 50.2 Å². The fourth-order valence-electron chi connectivity index (χ4n) is 2.50. The highest BCUT2D eigenvalue weighted by molar-refractivity contribution is 5.59. The minimum absolute atomic E-state index is 0.249. The fourth-order valence-corrected chi connectivity index (χ4v) is 2.50. The SMILES string of the molecule is CC(C)c1ccccc1Nc1nncc(NCc2ccccc2F)n1. The lowest BCUT2D eigenvalue weighted by Crippen LogP contribution is -2.07. The molecule has 0 saturated heterocycles. The summed E-state index contributed by atoms with van der Waals surface area (Å²) in [6, 6.07) is 14.7. The first-order chi connectivity index (χ1) is 12.1. The Hall–Kier alpha value is -3.02. The molecule has 6 heteroatoms. The van der Waals surface area contributed by atoms with Crippen LogP contribution >= 0.6 is 0 Å². The van der Waals surface area contributed by atoms with Gasteiger partial charge in [-0.25, -0.2) is 4.39 Å². The molecular formula is C19H20FN5. The van der Waals surface area contributed by atoms with Gasteiger partial charge in [-0.3, -0.25) is 0 Å². The quantitative estimate of drug-likeness (QED) is 0.694. The van der Waals surface area contributed by atoms with Gasteiger partial charge >= 0.3 is 0 Å². The van der Waals surface area contributed by atoms with Gasteiger partial charge in [-0.05, 0) is 23.6 Å². The van der Waals surface area contributed by atoms with Gasteiger partial charge < -0.3 is 10.6 Å². The molecule has 0 fully saturated rings. The molecule has 0 aliphatic heterocycles. The minimum Gasteiger partial charge on any atom is -0.364 e. The van der Waals surface area contributed by atoms with Gasteiger partial charge in [-0.2, -0.15) is 10.1 Å². The predicted molar refractivity (Wildman–Crippen MR) is 97.4 cm³/mol. The molecule has 1 aromatic heterocycles. The molecule has 0 radical (unpaired) electrons. The molecule has 3 aromatic rings. The molecular weight excluding hydrogens is 317 g/mol. The summed E-state index contributed by atoms with van der Waals surface area (Å²) in [6.45, 7) is 4.59. The number of rotatable bonds is 6. The molecule has 128 valence electrons. The van der Waals surface area contributed by atoms with Gasteiger partial charge in [0.05, 0.1) is 6.20 Å². The van der Waals surface area contributed by atoms with Crippen molar-refractivity contribution in [3.63, 3.8) is 0 Å². The Morgan fingerprint density at radius 1 is 1.04 bits per heavy atom. The second kappa shape index (κ2) is 7.70. The van der Waals surface area contributed by atoms with E-state index in [1.165, 1.54) is 17.8 Å². The molecule has 0 amide bonds. The van der Waals surface area contributed by atoms with E-state index in [4.69, 9.17) is 0 Å². The fraction of sp³-hybridized carbons (Fsp3) is 0.211. The van der Waals surface area contributed by atoms with Gasteiger partial charge in [0.1, 0.15) is 5.82 Å². The number of para-hydroxylation sites is 1. The second-order valence-electron chi connectivity index (χ2n) is 5.98. The average Bonchev–Trinajstić information content (AvgIpc) is 2.62. The summed E-state index contributed by atoms with van der Waals surface area (Å²) in [6.07, 6.45) is 1.51. The van der Waals surface area contributed by atoms with E-state index in [-0.39, 0.29) is 5.82 Å². The summed E-state index contributed by atoms with van der Waals surface area (Å²) in [7, 11) is 0. The first kappa shape index (κ1) is 16.8. The van der Waals surface area contributed by atoms with Gasteiger partial charge in [0.25, 0.3) is 0 Å². The summed E-state index contributed by atoms with van der Waals surface area (Å²) in [5.41, 5.74) is 2.70. The largest absolute Gasteiger partial charge is 0.364 e. The number of halogens is 1. The monoisotopic (exact) mass is 337 g/mol. The summed E-state index contributed by atoms with van der Waals surface area (Å²) in [4.78, 5) is 4.39. The summed E-state index contributed by atoms with van der Waals surface area (Å²) >= 11 is 0. The Morgan fingerprint density at radius 2 is 1.80 bits per heavy atom. The van der Waals surface area contributed by atoms with Crippen LogP contribution in [0.25, 0.3) is 0 Å². The van der Waals surface area contributed by atoms with Gasteiger partial charge in [0.15, 0.2) is 5.82 Å². The smallest absolute Gasteiger partial charge is 0.249 e. The van der Waals surface area contributed by atoms with Crippen LogP contribution in [0.2, 0.25) is 0 Å². The van der Waals surface area contributed by atoms with Crippen LogP contribution in [0.3, 0.4) is 0 Å². The number of aromatic nitrogens is 3. The van der Waals surface area contributed by atoms with Crippen molar-refractivity contribution in [2.24, 2.45) is 0 Å². The van der Waals surface area contributed by atoms with Gasteiger partial charge in [0, 0.05) is 17.8 Å². The van der Waals surface area contributed by atoms with E-state index in [0.717, 1.165) is 5.69 Å². The third kappa shape index (κ3) is 4.29. The van der Waals surface area contributed by atoms with Crippen molar-refractivity contribution in [2.75, 3.05) is 10.6 Å². The Kier molecular flexibility index (Phi) is 5.18.